The Labute approximate surface area is 170 Å². The minimum atomic E-state index is 0. The van der Waals surface area contributed by atoms with Gasteiger partial charge in [0.25, 0.3) is 0 Å². The topological polar surface area (TPSA) is 59.6 Å². The number of hydrogen-bond acceptors (Lipinski definition) is 2. The largest absolute Gasteiger partial charge is 0.493 e. The van der Waals surface area contributed by atoms with E-state index >= 15 is 0 Å². The van der Waals surface area contributed by atoms with Gasteiger partial charge >= 0.3 is 0 Å². The van der Waals surface area contributed by atoms with E-state index in [1.165, 1.54) is 0 Å². The van der Waals surface area contributed by atoms with Crippen LogP contribution in [0.25, 0.3) is 0 Å². The van der Waals surface area contributed by atoms with Crippen molar-refractivity contribution in [3.8, 4) is 5.75 Å². The fourth-order valence-corrected chi connectivity index (χ4v) is 3.12. The second-order valence-electron chi connectivity index (χ2n) is 5.83. The van der Waals surface area contributed by atoms with Crippen molar-refractivity contribution in [1.82, 2.24) is 5.32 Å². The zero-order valence-corrected chi connectivity index (χ0v) is 17.0. The molecule has 1 heterocycles. The summed E-state index contributed by atoms with van der Waals surface area (Å²) < 4.78 is 5.66. The van der Waals surface area contributed by atoms with Crippen molar-refractivity contribution < 1.29 is 4.74 Å². The zero-order chi connectivity index (χ0) is 16.8. The van der Waals surface area contributed by atoms with Crippen molar-refractivity contribution in [2.75, 3.05) is 13.2 Å². The van der Waals surface area contributed by atoms with E-state index in [1.807, 2.05) is 42.5 Å². The number of aliphatic imine (C=N–C) groups is 1. The molecule has 6 heteroatoms. The van der Waals surface area contributed by atoms with Crippen LogP contribution in [0, 0.1) is 0 Å². The van der Waals surface area contributed by atoms with Gasteiger partial charge in [0.05, 0.1) is 12.6 Å². The van der Waals surface area contributed by atoms with Gasteiger partial charge in [-0.2, -0.15) is 0 Å². The van der Waals surface area contributed by atoms with Crippen LogP contribution in [0.2, 0.25) is 5.02 Å². The Kier molecular flexibility index (Phi) is 7.84. The molecule has 0 amide bonds. The van der Waals surface area contributed by atoms with Crippen molar-refractivity contribution in [2.24, 2.45) is 10.7 Å². The molecule has 3 rings (SSSR count). The van der Waals surface area contributed by atoms with E-state index in [4.69, 9.17) is 22.1 Å². The van der Waals surface area contributed by atoms with Gasteiger partial charge in [0.2, 0.25) is 0 Å². The second-order valence-corrected chi connectivity index (χ2v) is 6.24. The van der Waals surface area contributed by atoms with Crippen LogP contribution in [0.5, 0.6) is 5.75 Å². The molecule has 0 spiro atoms. The predicted octanol–water partition coefficient (Wildman–Crippen LogP) is 4.32. The molecular formula is C19H23ClIN3O. The average Bonchev–Trinajstić information content (AvgIpc) is 2.60. The summed E-state index contributed by atoms with van der Waals surface area (Å²) in [5, 5.41) is 4.12. The van der Waals surface area contributed by atoms with Crippen LogP contribution in [0.15, 0.2) is 53.5 Å². The van der Waals surface area contributed by atoms with Crippen molar-refractivity contribution in [2.45, 2.75) is 25.3 Å². The number of fused-ring (bicyclic) bond motifs is 1. The molecule has 0 saturated carbocycles. The number of rotatable bonds is 5. The van der Waals surface area contributed by atoms with Gasteiger partial charge < -0.3 is 15.8 Å². The van der Waals surface area contributed by atoms with Gasteiger partial charge in [-0.1, -0.05) is 48.0 Å². The van der Waals surface area contributed by atoms with Crippen LogP contribution in [0.4, 0.5) is 0 Å². The summed E-state index contributed by atoms with van der Waals surface area (Å²) in [6, 6.07) is 16.1. The van der Waals surface area contributed by atoms with Crippen LogP contribution >= 0.6 is 35.6 Å². The van der Waals surface area contributed by atoms with E-state index in [0.29, 0.717) is 19.1 Å². The van der Waals surface area contributed by atoms with Crippen LogP contribution in [0.1, 0.15) is 30.0 Å². The Hall–Kier alpha value is -1.47. The standard InChI is InChI=1S/C19H22ClN3O.HI/c20-16-9-3-1-6-14(16)7-5-12-22-19(21)23-17-11-13-24-18-10-4-2-8-15(17)18;/h1-4,6,8-10,17H,5,7,11-13H2,(H3,21,22,23);1H. The molecule has 3 N–H and O–H groups in total. The normalized spacial score (nSPS) is 16.4. The highest BCUT2D eigenvalue weighted by Crippen LogP contribution is 2.31. The summed E-state index contributed by atoms with van der Waals surface area (Å²) in [4.78, 5) is 4.44. The molecule has 25 heavy (non-hydrogen) atoms. The lowest BCUT2D eigenvalue weighted by atomic mass is 10.0. The molecule has 134 valence electrons. The number of guanidine groups is 1. The van der Waals surface area contributed by atoms with Crippen LogP contribution in [-0.2, 0) is 6.42 Å². The predicted molar refractivity (Wildman–Crippen MR) is 114 cm³/mol. The maximum atomic E-state index is 6.16. The third kappa shape index (κ3) is 5.51. The number of hydrogen-bond donors (Lipinski definition) is 2. The van der Waals surface area contributed by atoms with E-state index in [0.717, 1.165) is 41.2 Å². The lowest BCUT2D eigenvalue weighted by Crippen LogP contribution is -2.37. The minimum Gasteiger partial charge on any atom is -0.493 e. The number of para-hydroxylation sites is 1. The molecule has 1 aliphatic rings. The zero-order valence-electron chi connectivity index (χ0n) is 14.0. The van der Waals surface area contributed by atoms with Gasteiger partial charge in [0.15, 0.2) is 5.96 Å². The van der Waals surface area contributed by atoms with E-state index in [-0.39, 0.29) is 30.0 Å². The fourth-order valence-electron chi connectivity index (χ4n) is 2.89. The highest BCUT2D eigenvalue weighted by molar-refractivity contribution is 14.0. The lowest BCUT2D eigenvalue weighted by molar-refractivity contribution is 0.262. The van der Waals surface area contributed by atoms with E-state index in [1.54, 1.807) is 0 Å². The number of nitrogens with one attached hydrogen (secondary N) is 1. The third-order valence-electron chi connectivity index (χ3n) is 4.12. The monoisotopic (exact) mass is 471 g/mol. The van der Waals surface area contributed by atoms with Crippen molar-refractivity contribution >= 4 is 41.5 Å². The molecule has 0 aliphatic carbocycles. The van der Waals surface area contributed by atoms with E-state index in [9.17, 15) is 0 Å². The second kappa shape index (κ2) is 9.87. The molecule has 1 aliphatic heterocycles. The number of benzene rings is 2. The average molecular weight is 472 g/mol. The lowest BCUT2D eigenvalue weighted by Gasteiger charge is -2.26. The first-order valence-electron chi connectivity index (χ1n) is 8.25. The SMILES string of the molecule is I.NC(=NCCCc1ccccc1Cl)NC1CCOc2ccccc21. The summed E-state index contributed by atoms with van der Waals surface area (Å²) in [5.74, 6) is 1.41. The molecular weight excluding hydrogens is 449 g/mol. The summed E-state index contributed by atoms with van der Waals surface area (Å²) in [7, 11) is 0. The number of halogens is 2. The Morgan fingerprint density at radius 2 is 1.96 bits per heavy atom. The highest BCUT2D eigenvalue weighted by Gasteiger charge is 2.21. The number of nitrogens with zero attached hydrogens (tertiary/aromatic N) is 1. The van der Waals surface area contributed by atoms with Gasteiger partial charge in [0.1, 0.15) is 5.75 Å². The van der Waals surface area contributed by atoms with Crippen molar-refractivity contribution in [3.63, 3.8) is 0 Å². The maximum Gasteiger partial charge on any atom is 0.189 e. The van der Waals surface area contributed by atoms with Crippen LogP contribution in [-0.4, -0.2) is 19.1 Å². The van der Waals surface area contributed by atoms with Gasteiger partial charge in [-0.05, 0) is 30.5 Å². The van der Waals surface area contributed by atoms with E-state index in [2.05, 4.69) is 16.4 Å². The first-order chi connectivity index (χ1) is 11.7. The molecule has 0 bridgehead atoms. The summed E-state index contributed by atoms with van der Waals surface area (Å²) in [6.07, 6.45) is 2.69. The molecule has 1 unspecified atom stereocenters. The van der Waals surface area contributed by atoms with Crippen molar-refractivity contribution in [3.05, 3.63) is 64.7 Å². The quantitative estimate of drug-likeness (QED) is 0.295. The van der Waals surface area contributed by atoms with Crippen LogP contribution < -0.4 is 15.8 Å². The summed E-state index contributed by atoms with van der Waals surface area (Å²) in [6.45, 7) is 1.36. The molecule has 1 atom stereocenters. The molecule has 0 saturated heterocycles. The first-order valence-corrected chi connectivity index (χ1v) is 8.63. The Morgan fingerprint density at radius 1 is 1.20 bits per heavy atom. The summed E-state index contributed by atoms with van der Waals surface area (Å²) >= 11 is 6.16. The molecule has 4 nitrogen and oxygen atoms in total. The third-order valence-corrected chi connectivity index (χ3v) is 4.49. The Balaban J connectivity index is 0.00000225. The number of ether oxygens (including phenoxy) is 1. The minimum absolute atomic E-state index is 0. The molecule has 2 aromatic carbocycles. The maximum absolute atomic E-state index is 6.16. The number of nitrogens with two attached hydrogens (primary N) is 1. The molecule has 0 fully saturated rings. The smallest absolute Gasteiger partial charge is 0.189 e. The van der Waals surface area contributed by atoms with Gasteiger partial charge in [-0.3, -0.25) is 4.99 Å². The molecule has 0 aromatic heterocycles. The first kappa shape index (κ1) is 19.8. The molecule has 2 aromatic rings. The Bertz CT molecular complexity index is 723. The van der Waals surface area contributed by atoms with Gasteiger partial charge in [-0.15, -0.1) is 24.0 Å². The fraction of sp³-hybridized carbons (Fsp3) is 0.316. The van der Waals surface area contributed by atoms with E-state index < -0.39 is 0 Å². The summed E-state index contributed by atoms with van der Waals surface area (Å²) in [5.41, 5.74) is 8.33. The highest BCUT2D eigenvalue weighted by atomic mass is 127. The van der Waals surface area contributed by atoms with Crippen molar-refractivity contribution in [1.29, 1.82) is 0 Å². The van der Waals surface area contributed by atoms with Gasteiger partial charge in [0, 0.05) is 23.6 Å². The molecule has 0 radical (unpaired) electrons. The van der Waals surface area contributed by atoms with Crippen LogP contribution in [0.3, 0.4) is 0 Å². The Morgan fingerprint density at radius 3 is 2.80 bits per heavy atom. The number of aryl methyl sites for hydroxylation is 1. The van der Waals surface area contributed by atoms with Gasteiger partial charge in [-0.25, -0.2) is 0 Å².